The van der Waals surface area contributed by atoms with Crippen molar-refractivity contribution in [2.45, 2.75) is 13.5 Å². The Morgan fingerprint density at radius 2 is 1.79 bits per heavy atom. The summed E-state index contributed by atoms with van der Waals surface area (Å²) >= 11 is 1.11. The minimum atomic E-state index is -0.369. The maximum Gasteiger partial charge on any atom is 0.286 e. The van der Waals surface area contributed by atoms with Gasteiger partial charge in [-0.3, -0.25) is 9.59 Å². The molecule has 150 valence electrons. The maximum atomic E-state index is 12.4. The number of anilines is 1. The van der Waals surface area contributed by atoms with Crippen LogP contribution in [0.25, 0.3) is 0 Å². The van der Waals surface area contributed by atoms with E-state index in [1.807, 2.05) is 6.92 Å². The Bertz CT molecular complexity index is 988. The molecule has 0 aliphatic rings. The molecule has 3 aromatic rings. The van der Waals surface area contributed by atoms with Crippen LogP contribution in [0.3, 0.4) is 0 Å². The molecule has 3 rings (SSSR count). The molecule has 0 aliphatic carbocycles. The largest absolute Gasteiger partial charge is 0.497 e. The number of benzene rings is 2. The van der Waals surface area contributed by atoms with Gasteiger partial charge in [0.1, 0.15) is 16.5 Å². The van der Waals surface area contributed by atoms with E-state index in [2.05, 4.69) is 20.8 Å². The highest BCUT2D eigenvalue weighted by Gasteiger charge is 2.15. The van der Waals surface area contributed by atoms with Gasteiger partial charge in [0.15, 0.2) is 0 Å². The molecule has 0 spiro atoms. The first-order valence-corrected chi connectivity index (χ1v) is 9.70. The lowest BCUT2D eigenvalue weighted by molar-refractivity contribution is 0.0946. The third-order valence-electron chi connectivity index (χ3n) is 3.84. The second-order valence-electron chi connectivity index (χ2n) is 5.80. The summed E-state index contributed by atoms with van der Waals surface area (Å²) in [5.41, 5.74) is 1.06. The smallest absolute Gasteiger partial charge is 0.286 e. The van der Waals surface area contributed by atoms with E-state index in [-0.39, 0.29) is 23.4 Å². The predicted octanol–water partition coefficient (Wildman–Crippen LogP) is 3.13. The van der Waals surface area contributed by atoms with Crippen LogP contribution in [0.1, 0.15) is 32.1 Å². The number of amides is 2. The molecule has 29 heavy (non-hydrogen) atoms. The van der Waals surface area contributed by atoms with Gasteiger partial charge in [-0.25, -0.2) is 0 Å². The summed E-state index contributed by atoms with van der Waals surface area (Å²) < 4.78 is 10.6. The summed E-state index contributed by atoms with van der Waals surface area (Å²) in [4.78, 5) is 24.7. The fourth-order valence-corrected chi connectivity index (χ4v) is 3.14. The first-order valence-electron chi connectivity index (χ1n) is 8.88. The Morgan fingerprint density at radius 1 is 1.03 bits per heavy atom. The van der Waals surface area contributed by atoms with E-state index < -0.39 is 0 Å². The summed E-state index contributed by atoms with van der Waals surface area (Å²) in [6.45, 7) is 2.48. The number of carbonyl (C=O) groups excluding carboxylic acids is 2. The maximum absolute atomic E-state index is 12.4. The molecule has 0 radical (unpaired) electrons. The Morgan fingerprint density at radius 3 is 2.52 bits per heavy atom. The average Bonchev–Trinajstić information content (AvgIpc) is 3.22. The number of methoxy groups -OCH3 is 1. The molecule has 2 aromatic carbocycles. The summed E-state index contributed by atoms with van der Waals surface area (Å²) in [6.07, 6.45) is 0. The van der Waals surface area contributed by atoms with Crippen LogP contribution in [0.2, 0.25) is 0 Å². The van der Waals surface area contributed by atoms with Gasteiger partial charge in [-0.2, -0.15) is 0 Å². The Hall–Kier alpha value is -3.46. The van der Waals surface area contributed by atoms with Gasteiger partial charge in [0.2, 0.25) is 5.01 Å². The van der Waals surface area contributed by atoms with Gasteiger partial charge in [0.25, 0.3) is 11.8 Å². The highest BCUT2D eigenvalue weighted by molar-refractivity contribution is 7.13. The van der Waals surface area contributed by atoms with Crippen LogP contribution in [0.5, 0.6) is 11.5 Å². The molecule has 1 aromatic heterocycles. The molecular formula is C20H20N4O4S. The minimum absolute atomic E-state index is 0.159. The minimum Gasteiger partial charge on any atom is -0.497 e. The topological polar surface area (TPSA) is 102 Å². The van der Waals surface area contributed by atoms with Crippen molar-refractivity contribution in [2.75, 3.05) is 19.0 Å². The van der Waals surface area contributed by atoms with Crippen molar-refractivity contribution >= 4 is 28.8 Å². The van der Waals surface area contributed by atoms with Crippen molar-refractivity contribution < 1.29 is 19.1 Å². The van der Waals surface area contributed by atoms with E-state index in [1.165, 1.54) is 0 Å². The second kappa shape index (κ2) is 9.65. The molecule has 2 amide bonds. The van der Waals surface area contributed by atoms with E-state index >= 15 is 0 Å². The highest BCUT2D eigenvalue weighted by atomic mass is 32.1. The molecule has 0 saturated heterocycles. The Balaban J connectivity index is 1.58. The van der Waals surface area contributed by atoms with Crippen LogP contribution in [0.4, 0.5) is 5.69 Å². The molecule has 2 N–H and O–H groups in total. The van der Waals surface area contributed by atoms with E-state index in [0.717, 1.165) is 11.3 Å². The molecule has 1 heterocycles. The monoisotopic (exact) mass is 412 g/mol. The first kappa shape index (κ1) is 20.3. The predicted molar refractivity (Wildman–Crippen MR) is 110 cm³/mol. The van der Waals surface area contributed by atoms with Crippen LogP contribution in [0, 0.1) is 0 Å². The fraction of sp³-hybridized carbons (Fsp3) is 0.200. The zero-order chi connectivity index (χ0) is 20.6. The van der Waals surface area contributed by atoms with E-state index in [4.69, 9.17) is 9.47 Å². The van der Waals surface area contributed by atoms with E-state index in [9.17, 15) is 9.59 Å². The van der Waals surface area contributed by atoms with Gasteiger partial charge in [0, 0.05) is 5.69 Å². The van der Waals surface area contributed by atoms with Crippen LogP contribution in [0.15, 0.2) is 48.5 Å². The molecular weight excluding hydrogens is 392 g/mol. The summed E-state index contributed by atoms with van der Waals surface area (Å²) in [5.74, 6) is 0.563. The molecule has 0 saturated carbocycles. The Labute approximate surface area is 171 Å². The van der Waals surface area contributed by atoms with E-state index in [0.29, 0.717) is 34.4 Å². The van der Waals surface area contributed by atoms with Crippen molar-refractivity contribution in [1.29, 1.82) is 0 Å². The van der Waals surface area contributed by atoms with Gasteiger partial charge in [-0.1, -0.05) is 23.5 Å². The average molecular weight is 412 g/mol. The number of ether oxygens (including phenoxy) is 2. The molecule has 9 heteroatoms. The third-order valence-corrected chi connectivity index (χ3v) is 4.76. The van der Waals surface area contributed by atoms with Gasteiger partial charge >= 0.3 is 0 Å². The molecule has 0 aliphatic heterocycles. The number of carbonyl (C=O) groups is 2. The zero-order valence-electron chi connectivity index (χ0n) is 16.0. The molecule has 0 unspecified atom stereocenters. The number of para-hydroxylation sites is 1. The van der Waals surface area contributed by atoms with Gasteiger partial charge in [0.05, 0.1) is 25.8 Å². The van der Waals surface area contributed by atoms with Gasteiger partial charge in [-0.05, 0) is 43.3 Å². The number of aromatic nitrogens is 2. The molecule has 0 fully saturated rings. The highest BCUT2D eigenvalue weighted by Crippen LogP contribution is 2.19. The van der Waals surface area contributed by atoms with Crippen molar-refractivity contribution in [3.8, 4) is 11.5 Å². The number of hydrogen-bond acceptors (Lipinski definition) is 7. The van der Waals surface area contributed by atoms with Gasteiger partial charge in [-0.15, -0.1) is 10.2 Å². The quantitative estimate of drug-likeness (QED) is 0.589. The summed E-state index contributed by atoms with van der Waals surface area (Å²) in [7, 11) is 1.57. The number of hydrogen-bond donors (Lipinski definition) is 2. The zero-order valence-corrected chi connectivity index (χ0v) is 16.8. The van der Waals surface area contributed by atoms with Crippen LogP contribution in [-0.2, 0) is 6.54 Å². The number of nitrogens with one attached hydrogen (secondary N) is 2. The van der Waals surface area contributed by atoms with Crippen molar-refractivity contribution in [2.24, 2.45) is 0 Å². The number of rotatable bonds is 8. The summed E-state index contributed by atoms with van der Waals surface area (Å²) in [5, 5.41) is 14.1. The van der Waals surface area contributed by atoms with E-state index in [1.54, 1.807) is 55.6 Å². The lowest BCUT2D eigenvalue weighted by atomic mass is 10.2. The molecule has 0 atom stereocenters. The number of nitrogens with zero attached hydrogens (tertiary/aromatic N) is 2. The molecule has 0 bridgehead atoms. The lowest BCUT2D eigenvalue weighted by Gasteiger charge is -2.09. The molecule has 8 nitrogen and oxygen atoms in total. The standard InChI is InChI=1S/C20H20N4O4S/c1-3-28-16-7-5-4-6-15(16)18(25)21-12-17-23-24-20(29-17)19(26)22-13-8-10-14(27-2)11-9-13/h4-11H,3,12H2,1-2H3,(H,21,25)(H,22,26). The fourth-order valence-electron chi connectivity index (χ4n) is 2.46. The van der Waals surface area contributed by atoms with Crippen molar-refractivity contribution in [3.63, 3.8) is 0 Å². The second-order valence-corrected chi connectivity index (χ2v) is 6.86. The SMILES string of the molecule is CCOc1ccccc1C(=O)NCc1nnc(C(=O)Nc2ccc(OC)cc2)s1. The first-order chi connectivity index (χ1) is 14.1. The third kappa shape index (κ3) is 5.29. The van der Waals surface area contributed by atoms with Gasteiger partial charge < -0.3 is 20.1 Å². The van der Waals surface area contributed by atoms with Crippen molar-refractivity contribution in [3.05, 3.63) is 64.1 Å². The lowest BCUT2D eigenvalue weighted by Crippen LogP contribution is -2.23. The van der Waals surface area contributed by atoms with Crippen LogP contribution in [-0.4, -0.2) is 35.7 Å². The normalized spacial score (nSPS) is 10.3. The summed E-state index contributed by atoms with van der Waals surface area (Å²) in [6, 6.07) is 14.0. The van der Waals surface area contributed by atoms with Crippen LogP contribution >= 0.6 is 11.3 Å². The van der Waals surface area contributed by atoms with Crippen molar-refractivity contribution in [1.82, 2.24) is 15.5 Å². The van der Waals surface area contributed by atoms with Crippen LogP contribution < -0.4 is 20.1 Å². The Kier molecular flexibility index (Phi) is 6.75.